The fourth-order valence-corrected chi connectivity index (χ4v) is 3.84. The van der Waals surface area contributed by atoms with Crippen LogP contribution in [0.4, 0.5) is 0 Å². The predicted octanol–water partition coefficient (Wildman–Crippen LogP) is 4.97. The molecular weight excluding hydrogens is 420 g/mol. The number of aryl methyl sites for hydroxylation is 1. The van der Waals surface area contributed by atoms with Gasteiger partial charge in [-0.15, -0.1) is 0 Å². The van der Waals surface area contributed by atoms with Crippen molar-refractivity contribution in [1.82, 2.24) is 10.2 Å². The summed E-state index contributed by atoms with van der Waals surface area (Å²) in [7, 11) is 0. The van der Waals surface area contributed by atoms with Gasteiger partial charge in [-0.25, -0.2) is 0 Å². The minimum absolute atomic E-state index is 0.133. The lowest BCUT2D eigenvalue weighted by atomic mass is 10.0. The molecule has 0 spiro atoms. The minimum Gasteiger partial charge on any atom is -0.355 e. The van der Waals surface area contributed by atoms with Crippen LogP contribution in [-0.4, -0.2) is 29.3 Å². The van der Waals surface area contributed by atoms with E-state index in [9.17, 15) is 9.59 Å². The second-order valence-electron chi connectivity index (χ2n) is 7.88. The van der Waals surface area contributed by atoms with Crippen molar-refractivity contribution in [3.05, 3.63) is 106 Å². The van der Waals surface area contributed by atoms with E-state index in [0.29, 0.717) is 24.5 Å². The average molecular weight is 449 g/mol. The predicted molar refractivity (Wildman–Crippen MR) is 130 cm³/mol. The van der Waals surface area contributed by atoms with Gasteiger partial charge in [-0.05, 0) is 36.6 Å². The first-order valence-electron chi connectivity index (χ1n) is 10.9. The van der Waals surface area contributed by atoms with Crippen LogP contribution in [-0.2, 0) is 29.0 Å². The number of amides is 2. The first kappa shape index (κ1) is 23.6. The maximum Gasteiger partial charge on any atom is 0.243 e. The van der Waals surface area contributed by atoms with E-state index in [4.69, 9.17) is 11.6 Å². The highest BCUT2D eigenvalue weighted by Gasteiger charge is 2.30. The van der Waals surface area contributed by atoms with Crippen molar-refractivity contribution in [1.29, 1.82) is 0 Å². The van der Waals surface area contributed by atoms with E-state index >= 15 is 0 Å². The molecule has 0 radical (unpaired) electrons. The molecule has 0 saturated heterocycles. The summed E-state index contributed by atoms with van der Waals surface area (Å²) in [6.45, 7) is 4.75. The molecule has 0 unspecified atom stereocenters. The van der Waals surface area contributed by atoms with E-state index in [2.05, 4.69) is 5.32 Å². The molecule has 3 aromatic rings. The third-order valence-electron chi connectivity index (χ3n) is 5.40. The van der Waals surface area contributed by atoms with Crippen molar-refractivity contribution in [2.75, 3.05) is 6.54 Å². The largest absolute Gasteiger partial charge is 0.355 e. The van der Waals surface area contributed by atoms with Crippen molar-refractivity contribution in [3.8, 4) is 0 Å². The molecule has 0 fully saturated rings. The van der Waals surface area contributed by atoms with E-state index in [0.717, 1.165) is 22.3 Å². The standard InChI is InChI=1S/C27H29ClN2O2/c1-3-29-27(32)25(17-21-9-5-4-6-10-21)30(19-22-15-13-20(2)14-16-22)26(31)18-23-11-7-8-12-24(23)28/h4-16,25H,3,17-19H2,1-2H3,(H,29,32)/t25-/m1/s1. The van der Waals surface area contributed by atoms with Crippen LogP contribution in [0.25, 0.3) is 0 Å². The van der Waals surface area contributed by atoms with Gasteiger partial charge in [0.15, 0.2) is 0 Å². The van der Waals surface area contributed by atoms with Gasteiger partial charge in [0.25, 0.3) is 0 Å². The maximum absolute atomic E-state index is 13.6. The number of halogens is 1. The van der Waals surface area contributed by atoms with Crippen LogP contribution in [0.5, 0.6) is 0 Å². The molecule has 1 atom stereocenters. The molecule has 0 saturated carbocycles. The molecule has 4 nitrogen and oxygen atoms in total. The number of carbonyl (C=O) groups is 2. The van der Waals surface area contributed by atoms with E-state index in [-0.39, 0.29) is 18.2 Å². The van der Waals surface area contributed by atoms with Crippen molar-refractivity contribution in [3.63, 3.8) is 0 Å². The normalized spacial score (nSPS) is 11.6. The molecule has 2 amide bonds. The smallest absolute Gasteiger partial charge is 0.243 e. The summed E-state index contributed by atoms with van der Waals surface area (Å²) in [6.07, 6.45) is 0.572. The molecule has 0 aromatic heterocycles. The summed E-state index contributed by atoms with van der Waals surface area (Å²) >= 11 is 6.32. The van der Waals surface area contributed by atoms with Gasteiger partial charge in [-0.3, -0.25) is 9.59 Å². The third kappa shape index (κ3) is 6.44. The van der Waals surface area contributed by atoms with Crippen LogP contribution in [0.3, 0.4) is 0 Å². The number of hydrogen-bond acceptors (Lipinski definition) is 2. The second-order valence-corrected chi connectivity index (χ2v) is 8.28. The van der Waals surface area contributed by atoms with Gasteiger partial charge in [-0.1, -0.05) is 90.0 Å². The lowest BCUT2D eigenvalue weighted by molar-refractivity contribution is -0.140. The zero-order chi connectivity index (χ0) is 22.9. The number of likely N-dealkylation sites (N-methyl/N-ethyl adjacent to an activating group) is 1. The van der Waals surface area contributed by atoms with Crippen LogP contribution in [0.2, 0.25) is 5.02 Å². The Morgan fingerprint density at radius 2 is 1.56 bits per heavy atom. The average Bonchev–Trinajstić information content (AvgIpc) is 2.79. The summed E-state index contributed by atoms with van der Waals surface area (Å²) in [4.78, 5) is 28.4. The zero-order valence-corrected chi connectivity index (χ0v) is 19.3. The Morgan fingerprint density at radius 1 is 0.906 bits per heavy atom. The summed E-state index contributed by atoms with van der Waals surface area (Å²) in [5.74, 6) is -0.290. The second kappa shape index (κ2) is 11.5. The monoisotopic (exact) mass is 448 g/mol. The Balaban J connectivity index is 1.95. The van der Waals surface area contributed by atoms with Crippen molar-refractivity contribution >= 4 is 23.4 Å². The molecule has 3 aromatic carbocycles. The van der Waals surface area contributed by atoms with Crippen LogP contribution in [0.15, 0.2) is 78.9 Å². The van der Waals surface area contributed by atoms with E-state index < -0.39 is 6.04 Å². The topological polar surface area (TPSA) is 49.4 Å². The van der Waals surface area contributed by atoms with Crippen molar-refractivity contribution in [2.24, 2.45) is 0 Å². The quantitative estimate of drug-likeness (QED) is 0.502. The highest BCUT2D eigenvalue weighted by Crippen LogP contribution is 2.20. The molecule has 0 heterocycles. The molecule has 0 bridgehead atoms. The number of carbonyl (C=O) groups excluding carboxylic acids is 2. The summed E-state index contributed by atoms with van der Waals surface area (Å²) in [5, 5.41) is 3.46. The highest BCUT2D eigenvalue weighted by atomic mass is 35.5. The Hall–Kier alpha value is -3.11. The van der Waals surface area contributed by atoms with Gasteiger partial charge >= 0.3 is 0 Å². The number of rotatable bonds is 9. The van der Waals surface area contributed by atoms with Gasteiger partial charge in [0, 0.05) is 24.5 Å². The van der Waals surface area contributed by atoms with Crippen molar-refractivity contribution < 1.29 is 9.59 Å². The molecule has 0 aliphatic heterocycles. The molecule has 3 rings (SSSR count). The number of benzene rings is 3. The molecule has 1 N–H and O–H groups in total. The summed E-state index contributed by atoms with van der Waals surface area (Å²) < 4.78 is 0. The first-order chi connectivity index (χ1) is 15.5. The number of nitrogens with one attached hydrogen (secondary N) is 1. The molecule has 0 aliphatic rings. The van der Waals surface area contributed by atoms with E-state index in [1.165, 1.54) is 0 Å². The summed E-state index contributed by atoms with van der Waals surface area (Å²) in [5.41, 5.74) is 3.88. The highest BCUT2D eigenvalue weighted by molar-refractivity contribution is 6.31. The maximum atomic E-state index is 13.6. The van der Waals surface area contributed by atoms with Gasteiger partial charge < -0.3 is 10.2 Å². The minimum atomic E-state index is -0.631. The van der Waals surface area contributed by atoms with Crippen LogP contribution >= 0.6 is 11.6 Å². The lowest BCUT2D eigenvalue weighted by Gasteiger charge is -2.31. The SMILES string of the molecule is CCNC(=O)[C@@H](Cc1ccccc1)N(Cc1ccc(C)cc1)C(=O)Cc1ccccc1Cl. The Morgan fingerprint density at radius 3 is 2.22 bits per heavy atom. The molecule has 166 valence electrons. The lowest BCUT2D eigenvalue weighted by Crippen LogP contribution is -2.51. The zero-order valence-electron chi connectivity index (χ0n) is 18.6. The number of hydrogen-bond donors (Lipinski definition) is 1. The molecule has 0 aliphatic carbocycles. The molecule has 5 heteroatoms. The van der Waals surface area contributed by atoms with Gasteiger partial charge in [0.1, 0.15) is 6.04 Å². The third-order valence-corrected chi connectivity index (χ3v) is 5.76. The fourth-order valence-electron chi connectivity index (χ4n) is 3.64. The number of nitrogens with zero attached hydrogens (tertiary/aromatic N) is 1. The Labute approximate surface area is 195 Å². The molecule has 32 heavy (non-hydrogen) atoms. The van der Waals surface area contributed by atoms with Crippen LogP contribution in [0.1, 0.15) is 29.2 Å². The summed E-state index contributed by atoms with van der Waals surface area (Å²) in [6, 6.07) is 24.5. The van der Waals surface area contributed by atoms with Gasteiger partial charge in [0.05, 0.1) is 6.42 Å². The van der Waals surface area contributed by atoms with Gasteiger partial charge in [0.2, 0.25) is 11.8 Å². The fraction of sp³-hybridized carbons (Fsp3) is 0.259. The van der Waals surface area contributed by atoms with Crippen LogP contribution < -0.4 is 5.32 Å². The first-order valence-corrected chi connectivity index (χ1v) is 11.3. The van der Waals surface area contributed by atoms with Gasteiger partial charge in [-0.2, -0.15) is 0 Å². The Kier molecular flexibility index (Phi) is 8.46. The van der Waals surface area contributed by atoms with E-state index in [1.54, 1.807) is 11.0 Å². The Bertz CT molecular complexity index is 1040. The van der Waals surface area contributed by atoms with Crippen LogP contribution in [0, 0.1) is 6.92 Å². The van der Waals surface area contributed by atoms with E-state index in [1.807, 2.05) is 86.6 Å². The molecular formula is C27H29ClN2O2. The van der Waals surface area contributed by atoms with Crippen molar-refractivity contribution in [2.45, 2.75) is 39.3 Å².